The van der Waals surface area contributed by atoms with Crippen LogP contribution in [0.4, 0.5) is 0 Å². The van der Waals surface area contributed by atoms with Crippen molar-refractivity contribution in [3.05, 3.63) is 46.0 Å². The van der Waals surface area contributed by atoms with Crippen LogP contribution in [0.15, 0.2) is 33.5 Å². The molecular formula is C21H24O2Si. The van der Waals surface area contributed by atoms with Gasteiger partial charge in [-0.15, -0.1) is 5.54 Å². The molecule has 0 aliphatic carbocycles. The molecule has 0 amide bonds. The Labute approximate surface area is 145 Å². The summed E-state index contributed by atoms with van der Waals surface area (Å²) >= 11 is 0. The minimum absolute atomic E-state index is 0.345. The molecule has 2 aromatic rings. The Morgan fingerprint density at radius 1 is 1.04 bits per heavy atom. The Bertz CT molecular complexity index is 893. The summed E-state index contributed by atoms with van der Waals surface area (Å²) in [5, 5.41) is 1.39. The van der Waals surface area contributed by atoms with Gasteiger partial charge >= 0.3 is 5.63 Å². The summed E-state index contributed by atoms with van der Waals surface area (Å²) in [6.07, 6.45) is 4.21. The number of fused-ring (bicyclic) bond motifs is 1. The molecular weight excluding hydrogens is 312 g/mol. The quantitative estimate of drug-likeness (QED) is 0.451. The zero-order valence-electron chi connectivity index (χ0n) is 15.0. The third kappa shape index (κ3) is 4.88. The van der Waals surface area contributed by atoms with Crippen molar-refractivity contribution in [1.29, 1.82) is 0 Å². The fraction of sp³-hybridized carbons (Fsp3) is 0.381. The molecule has 0 spiro atoms. The Balaban J connectivity index is 2.56. The van der Waals surface area contributed by atoms with Gasteiger partial charge in [-0.3, -0.25) is 0 Å². The van der Waals surface area contributed by atoms with Crippen LogP contribution in [0.25, 0.3) is 10.8 Å². The summed E-state index contributed by atoms with van der Waals surface area (Å²) in [7, 11) is -1.54. The normalized spacial score (nSPS) is 10.7. The Kier molecular flexibility index (Phi) is 6.07. The van der Waals surface area contributed by atoms with Crippen LogP contribution in [-0.2, 0) is 0 Å². The van der Waals surface area contributed by atoms with Crippen LogP contribution in [0.3, 0.4) is 0 Å². The van der Waals surface area contributed by atoms with Gasteiger partial charge in [-0.1, -0.05) is 69.4 Å². The zero-order valence-corrected chi connectivity index (χ0v) is 16.0. The first-order valence-corrected chi connectivity index (χ1v) is 12.0. The molecule has 0 atom stereocenters. The van der Waals surface area contributed by atoms with Crippen molar-refractivity contribution < 1.29 is 4.42 Å². The van der Waals surface area contributed by atoms with Crippen LogP contribution in [0.5, 0.6) is 0 Å². The van der Waals surface area contributed by atoms with E-state index < -0.39 is 8.07 Å². The van der Waals surface area contributed by atoms with Crippen LogP contribution in [0, 0.1) is 23.3 Å². The van der Waals surface area contributed by atoms with Gasteiger partial charge in [0.05, 0.1) is 10.9 Å². The fourth-order valence-corrected chi connectivity index (χ4v) is 2.77. The van der Waals surface area contributed by atoms with Gasteiger partial charge in [-0.05, 0) is 18.4 Å². The lowest BCUT2D eigenvalue weighted by Gasteiger charge is -2.05. The van der Waals surface area contributed by atoms with Crippen LogP contribution in [0.1, 0.15) is 43.9 Å². The van der Waals surface area contributed by atoms with Gasteiger partial charge in [0.25, 0.3) is 0 Å². The van der Waals surface area contributed by atoms with Gasteiger partial charge in [-0.2, -0.15) is 0 Å². The first-order valence-electron chi connectivity index (χ1n) is 8.50. The maximum atomic E-state index is 12.2. The van der Waals surface area contributed by atoms with E-state index in [0.717, 1.165) is 23.8 Å². The number of hydrogen-bond acceptors (Lipinski definition) is 2. The van der Waals surface area contributed by atoms with E-state index in [1.807, 2.05) is 18.2 Å². The smallest absolute Gasteiger partial charge is 0.344 e. The van der Waals surface area contributed by atoms with Crippen LogP contribution < -0.4 is 5.63 Å². The van der Waals surface area contributed by atoms with Crippen molar-refractivity contribution in [1.82, 2.24) is 0 Å². The van der Waals surface area contributed by atoms with Crippen molar-refractivity contribution in [2.24, 2.45) is 0 Å². The summed E-state index contributed by atoms with van der Waals surface area (Å²) in [5.74, 6) is 9.82. The van der Waals surface area contributed by atoms with Gasteiger partial charge in [-0.25, -0.2) is 4.79 Å². The van der Waals surface area contributed by atoms with E-state index in [1.54, 1.807) is 6.07 Å². The van der Waals surface area contributed by atoms with Crippen LogP contribution in [-0.4, -0.2) is 8.07 Å². The number of benzene rings is 1. The maximum Gasteiger partial charge on any atom is 0.344 e. The van der Waals surface area contributed by atoms with Crippen molar-refractivity contribution in [3.8, 4) is 23.3 Å². The molecule has 0 unspecified atom stereocenters. The highest BCUT2D eigenvalue weighted by Gasteiger charge is 2.12. The van der Waals surface area contributed by atoms with Gasteiger partial charge < -0.3 is 4.42 Å². The van der Waals surface area contributed by atoms with Gasteiger partial charge in [0.15, 0.2) is 5.76 Å². The van der Waals surface area contributed by atoms with Gasteiger partial charge in [0, 0.05) is 11.8 Å². The molecule has 1 aromatic heterocycles. The molecule has 24 heavy (non-hydrogen) atoms. The molecule has 2 rings (SSSR count). The summed E-state index contributed by atoms with van der Waals surface area (Å²) in [6.45, 7) is 8.74. The predicted molar refractivity (Wildman–Crippen MR) is 104 cm³/mol. The van der Waals surface area contributed by atoms with Crippen molar-refractivity contribution >= 4 is 18.8 Å². The summed E-state index contributed by atoms with van der Waals surface area (Å²) in [5.41, 5.74) is 3.76. The molecule has 1 aromatic carbocycles. The minimum atomic E-state index is -1.54. The van der Waals surface area contributed by atoms with Crippen molar-refractivity contribution in [2.45, 2.75) is 52.2 Å². The lowest BCUT2D eigenvalue weighted by Crippen LogP contribution is -2.16. The molecule has 2 nitrogen and oxygen atoms in total. The highest BCUT2D eigenvalue weighted by molar-refractivity contribution is 6.83. The molecule has 0 saturated carbocycles. The molecule has 1 heterocycles. The maximum absolute atomic E-state index is 12.2. The molecule has 0 aliphatic heterocycles. The molecule has 3 heteroatoms. The minimum Gasteiger partial charge on any atom is -0.412 e. The first kappa shape index (κ1) is 18.1. The number of rotatable bonds is 3. The lowest BCUT2D eigenvalue weighted by atomic mass is 10.1. The molecule has 0 bridgehead atoms. The lowest BCUT2D eigenvalue weighted by molar-refractivity contribution is 0.505. The monoisotopic (exact) mass is 336 g/mol. The van der Waals surface area contributed by atoms with E-state index in [2.05, 4.69) is 49.9 Å². The average molecular weight is 337 g/mol. The number of hydrogen-bond donors (Lipinski definition) is 0. The molecule has 0 fully saturated rings. The van der Waals surface area contributed by atoms with E-state index in [4.69, 9.17) is 4.42 Å². The van der Waals surface area contributed by atoms with E-state index in [9.17, 15) is 4.79 Å². The van der Waals surface area contributed by atoms with E-state index in [-0.39, 0.29) is 5.63 Å². The largest absolute Gasteiger partial charge is 0.412 e. The second-order valence-electron chi connectivity index (χ2n) is 6.90. The van der Waals surface area contributed by atoms with E-state index in [0.29, 0.717) is 11.1 Å². The second kappa shape index (κ2) is 8.04. The van der Waals surface area contributed by atoms with Crippen molar-refractivity contribution in [3.63, 3.8) is 0 Å². The van der Waals surface area contributed by atoms with Crippen molar-refractivity contribution in [2.75, 3.05) is 0 Å². The second-order valence-corrected chi connectivity index (χ2v) is 11.6. The zero-order chi connectivity index (χ0) is 17.6. The first-order chi connectivity index (χ1) is 11.4. The van der Waals surface area contributed by atoms with Crippen LogP contribution >= 0.6 is 0 Å². The van der Waals surface area contributed by atoms with Gasteiger partial charge in [0.1, 0.15) is 8.07 Å². The molecule has 124 valence electrons. The van der Waals surface area contributed by atoms with Gasteiger partial charge in [0.2, 0.25) is 0 Å². The standard InChI is InChI=1S/C21H24O2Si/c1-5-6-7-8-9-14-20-18(15-16-24(2,3)4)17-12-10-11-13-19(17)21(22)23-20/h10-13H,5-8H2,1-4H3. The fourth-order valence-electron chi connectivity index (χ4n) is 2.27. The highest BCUT2D eigenvalue weighted by atomic mass is 28.3. The summed E-state index contributed by atoms with van der Waals surface area (Å²) in [4.78, 5) is 12.2. The Hall–Kier alpha value is -2.23. The summed E-state index contributed by atoms with van der Waals surface area (Å²) < 4.78 is 5.48. The summed E-state index contributed by atoms with van der Waals surface area (Å²) in [6, 6.07) is 7.45. The predicted octanol–water partition coefficient (Wildman–Crippen LogP) is 4.95. The Morgan fingerprint density at radius 2 is 1.75 bits per heavy atom. The number of unbranched alkanes of at least 4 members (excludes halogenated alkanes) is 3. The molecule has 0 saturated heterocycles. The van der Waals surface area contributed by atoms with Crippen LogP contribution in [0.2, 0.25) is 19.6 Å². The van der Waals surface area contributed by atoms with E-state index >= 15 is 0 Å². The Morgan fingerprint density at radius 3 is 2.42 bits per heavy atom. The average Bonchev–Trinajstić information content (AvgIpc) is 2.53. The third-order valence-electron chi connectivity index (χ3n) is 3.51. The SMILES string of the molecule is CCCCCC#Cc1oc(=O)c2ccccc2c1C#C[Si](C)(C)C. The third-order valence-corrected chi connectivity index (χ3v) is 4.38. The molecule has 0 radical (unpaired) electrons. The molecule has 0 N–H and O–H groups in total. The molecule has 0 aliphatic rings. The van der Waals surface area contributed by atoms with E-state index in [1.165, 1.54) is 12.8 Å². The topological polar surface area (TPSA) is 30.2 Å². The highest BCUT2D eigenvalue weighted by Crippen LogP contribution is 2.18.